The SMILES string of the molecule is CCCCC(C)Sc1ssc(=S)c1-c1cc(C(C)(C)CCC)c(O)c(C(C)(C)CCC)c1. The van der Waals surface area contributed by atoms with Gasteiger partial charge in [-0.15, -0.1) is 11.8 Å². The second-order valence-corrected chi connectivity index (χ2v) is 14.9. The Morgan fingerprint density at radius 2 is 1.47 bits per heavy atom. The van der Waals surface area contributed by atoms with E-state index in [1.54, 1.807) is 10.3 Å². The van der Waals surface area contributed by atoms with Crippen molar-refractivity contribution in [1.29, 1.82) is 0 Å². The largest absolute Gasteiger partial charge is 0.507 e. The van der Waals surface area contributed by atoms with Gasteiger partial charge in [0.25, 0.3) is 0 Å². The van der Waals surface area contributed by atoms with Gasteiger partial charge in [-0.3, -0.25) is 0 Å². The third-order valence-electron chi connectivity index (χ3n) is 6.48. The molecule has 1 unspecified atom stereocenters. The van der Waals surface area contributed by atoms with E-state index >= 15 is 0 Å². The number of thioether (sulfide) groups is 1. The van der Waals surface area contributed by atoms with E-state index < -0.39 is 0 Å². The van der Waals surface area contributed by atoms with Crippen molar-refractivity contribution in [2.75, 3.05) is 0 Å². The Morgan fingerprint density at radius 1 is 0.938 bits per heavy atom. The Balaban J connectivity index is 2.69. The molecule has 0 saturated heterocycles. The first-order valence-electron chi connectivity index (χ1n) is 12.2. The zero-order valence-corrected chi connectivity index (χ0v) is 24.5. The first-order chi connectivity index (χ1) is 15.0. The molecular weight excluding hydrogens is 469 g/mol. The summed E-state index contributed by atoms with van der Waals surface area (Å²) in [5, 5.41) is 12.1. The van der Waals surface area contributed by atoms with Crippen molar-refractivity contribution in [2.45, 2.75) is 121 Å². The van der Waals surface area contributed by atoms with E-state index in [0.29, 0.717) is 11.0 Å². The minimum Gasteiger partial charge on any atom is -0.507 e. The third-order valence-corrected chi connectivity index (χ3v) is 11.2. The van der Waals surface area contributed by atoms with Gasteiger partial charge in [-0.25, -0.2) is 0 Å². The first-order valence-corrected chi connectivity index (χ1v) is 15.6. The highest BCUT2D eigenvalue weighted by molar-refractivity contribution is 8.03. The van der Waals surface area contributed by atoms with E-state index in [-0.39, 0.29) is 10.8 Å². The number of phenolic OH excluding ortho intramolecular Hbond substituents is 1. The molecule has 1 aromatic heterocycles. The van der Waals surface area contributed by atoms with E-state index in [9.17, 15) is 5.11 Å². The zero-order chi connectivity index (χ0) is 24.1. The van der Waals surface area contributed by atoms with Gasteiger partial charge in [-0.1, -0.05) is 114 Å². The molecule has 0 amide bonds. The molecule has 0 fully saturated rings. The Labute approximate surface area is 213 Å². The van der Waals surface area contributed by atoms with Crippen LogP contribution in [0, 0.1) is 3.82 Å². The summed E-state index contributed by atoms with van der Waals surface area (Å²) in [6.07, 6.45) is 8.00. The Kier molecular flexibility index (Phi) is 10.3. The lowest BCUT2D eigenvalue weighted by Gasteiger charge is -2.32. The lowest BCUT2D eigenvalue weighted by Crippen LogP contribution is -2.22. The smallest absolute Gasteiger partial charge is 0.123 e. The number of hydrogen-bond donors (Lipinski definition) is 1. The zero-order valence-electron chi connectivity index (χ0n) is 21.3. The van der Waals surface area contributed by atoms with E-state index in [4.69, 9.17) is 12.2 Å². The van der Waals surface area contributed by atoms with Crippen LogP contribution in [-0.2, 0) is 10.8 Å². The van der Waals surface area contributed by atoms with E-state index in [0.717, 1.165) is 40.6 Å². The lowest BCUT2D eigenvalue weighted by atomic mass is 9.73. The van der Waals surface area contributed by atoms with Crippen LogP contribution >= 0.6 is 44.7 Å². The van der Waals surface area contributed by atoms with E-state index in [1.807, 2.05) is 22.1 Å². The molecule has 0 radical (unpaired) electrons. The van der Waals surface area contributed by atoms with Crippen molar-refractivity contribution < 1.29 is 5.11 Å². The van der Waals surface area contributed by atoms with Crippen LogP contribution < -0.4 is 0 Å². The Bertz CT molecular complexity index is 896. The summed E-state index contributed by atoms with van der Waals surface area (Å²) < 4.78 is 2.32. The average Bonchev–Trinajstić information content (AvgIpc) is 3.06. The molecule has 0 saturated carbocycles. The van der Waals surface area contributed by atoms with Crippen LogP contribution in [0.2, 0.25) is 0 Å². The van der Waals surface area contributed by atoms with Crippen molar-refractivity contribution in [3.63, 3.8) is 0 Å². The predicted molar refractivity (Wildman–Crippen MR) is 151 cm³/mol. The fraction of sp³-hybridized carbons (Fsp3) is 0.667. The maximum Gasteiger partial charge on any atom is 0.123 e. The van der Waals surface area contributed by atoms with E-state index in [1.165, 1.54) is 34.6 Å². The number of aromatic hydroxyl groups is 1. The highest BCUT2D eigenvalue weighted by Crippen LogP contribution is 2.48. The second kappa shape index (κ2) is 11.9. The second-order valence-electron chi connectivity index (χ2n) is 10.4. The van der Waals surface area contributed by atoms with Crippen molar-refractivity contribution >= 4 is 44.7 Å². The van der Waals surface area contributed by atoms with Crippen LogP contribution in [0.3, 0.4) is 0 Å². The van der Waals surface area contributed by atoms with Gasteiger partial charge in [0, 0.05) is 21.9 Å². The maximum absolute atomic E-state index is 11.5. The summed E-state index contributed by atoms with van der Waals surface area (Å²) in [5.74, 6) is 0.487. The van der Waals surface area contributed by atoms with Crippen LogP contribution in [-0.4, -0.2) is 10.4 Å². The molecule has 1 heterocycles. The molecule has 1 N–H and O–H groups in total. The minimum atomic E-state index is -0.0886. The standard InChI is InChI=1S/C27H42OS4/c1-9-12-13-18(4)30-25-22(24(29)31-32-25)19-16-20(26(5,6)14-10-2)23(28)21(17-19)27(7,8)15-11-3/h16-18,28H,9-15H2,1-8H3. The molecular formula is C27H42OS4. The number of unbranched alkanes of at least 4 members (excludes halogenated alkanes) is 1. The summed E-state index contributed by atoms with van der Waals surface area (Å²) in [6.45, 7) is 18.1. The molecule has 2 aromatic rings. The van der Waals surface area contributed by atoms with Gasteiger partial charge >= 0.3 is 0 Å². The van der Waals surface area contributed by atoms with Crippen molar-refractivity contribution in [3.05, 3.63) is 27.1 Å². The molecule has 0 bridgehead atoms. The van der Waals surface area contributed by atoms with Gasteiger partial charge in [0.2, 0.25) is 0 Å². The molecule has 1 nitrogen and oxygen atoms in total. The monoisotopic (exact) mass is 510 g/mol. The first kappa shape index (κ1) is 27.9. The summed E-state index contributed by atoms with van der Waals surface area (Å²) in [6, 6.07) is 4.48. The Hall–Kier alpha value is -0.360. The molecule has 5 heteroatoms. The van der Waals surface area contributed by atoms with Gasteiger partial charge in [-0.2, -0.15) is 0 Å². The molecule has 2 rings (SSSR count). The minimum absolute atomic E-state index is 0.0886. The van der Waals surface area contributed by atoms with Crippen molar-refractivity contribution in [1.82, 2.24) is 0 Å². The van der Waals surface area contributed by atoms with Crippen LogP contribution in [0.5, 0.6) is 5.75 Å². The van der Waals surface area contributed by atoms with Crippen LogP contribution in [0.25, 0.3) is 11.1 Å². The highest BCUT2D eigenvalue weighted by Gasteiger charge is 2.31. The van der Waals surface area contributed by atoms with Crippen LogP contribution in [0.4, 0.5) is 0 Å². The summed E-state index contributed by atoms with van der Waals surface area (Å²) >= 11 is 7.83. The number of benzene rings is 1. The average molecular weight is 511 g/mol. The van der Waals surface area contributed by atoms with Crippen molar-refractivity contribution in [3.8, 4) is 16.9 Å². The van der Waals surface area contributed by atoms with Gasteiger partial charge in [-0.05, 0) is 47.8 Å². The van der Waals surface area contributed by atoms with Gasteiger partial charge in [0.1, 0.15) is 9.57 Å². The lowest BCUT2D eigenvalue weighted by molar-refractivity contribution is 0.389. The van der Waals surface area contributed by atoms with Gasteiger partial charge in [0.05, 0.1) is 4.21 Å². The molecule has 0 aliphatic heterocycles. The summed E-state index contributed by atoms with van der Waals surface area (Å²) in [5.41, 5.74) is 4.36. The quantitative estimate of drug-likeness (QED) is 0.174. The Morgan fingerprint density at radius 3 is 1.94 bits per heavy atom. The maximum atomic E-state index is 11.5. The number of hydrogen-bond acceptors (Lipinski definition) is 5. The molecule has 180 valence electrons. The molecule has 32 heavy (non-hydrogen) atoms. The van der Waals surface area contributed by atoms with Crippen LogP contribution in [0.15, 0.2) is 16.3 Å². The molecule has 1 aromatic carbocycles. The third kappa shape index (κ3) is 6.61. The fourth-order valence-corrected chi connectivity index (χ4v) is 9.41. The fourth-order valence-electron chi connectivity index (χ4n) is 4.62. The number of phenols is 1. The number of rotatable bonds is 12. The van der Waals surface area contributed by atoms with Crippen LogP contribution in [0.1, 0.15) is 111 Å². The summed E-state index contributed by atoms with van der Waals surface area (Å²) in [7, 11) is 3.54. The predicted octanol–water partition coefficient (Wildman–Crippen LogP) is 10.7. The summed E-state index contributed by atoms with van der Waals surface area (Å²) in [4.78, 5) is 0. The van der Waals surface area contributed by atoms with Gasteiger partial charge in [0.15, 0.2) is 0 Å². The highest BCUT2D eigenvalue weighted by atomic mass is 32.9. The molecule has 0 spiro atoms. The van der Waals surface area contributed by atoms with Gasteiger partial charge < -0.3 is 5.11 Å². The molecule has 0 aliphatic carbocycles. The normalized spacial score (nSPS) is 13.5. The molecule has 1 atom stereocenters. The van der Waals surface area contributed by atoms with Crippen molar-refractivity contribution in [2.24, 2.45) is 0 Å². The topological polar surface area (TPSA) is 20.2 Å². The molecule has 0 aliphatic rings. The van der Waals surface area contributed by atoms with E-state index in [2.05, 4.69) is 67.5 Å².